The Morgan fingerprint density at radius 2 is 1.66 bits per heavy atom. The fraction of sp³-hybridized carbons (Fsp3) is 0.810. The van der Waals surface area contributed by atoms with E-state index in [1.54, 1.807) is 6.92 Å². The van der Waals surface area contributed by atoms with Gasteiger partial charge in [0.15, 0.2) is 0 Å². The summed E-state index contributed by atoms with van der Waals surface area (Å²) >= 11 is 0. The highest BCUT2D eigenvalue weighted by atomic mass is 16.2. The molecule has 0 aromatic carbocycles. The summed E-state index contributed by atoms with van der Waals surface area (Å²) in [6.45, 7) is 12.5. The summed E-state index contributed by atoms with van der Waals surface area (Å²) in [5.74, 6) is -0.169. The van der Waals surface area contributed by atoms with Gasteiger partial charge in [-0.2, -0.15) is 5.26 Å². The number of nitriles is 1. The van der Waals surface area contributed by atoms with E-state index < -0.39 is 12.1 Å². The summed E-state index contributed by atoms with van der Waals surface area (Å²) in [5.41, 5.74) is 0. The Morgan fingerprint density at radius 1 is 1.00 bits per heavy atom. The Morgan fingerprint density at radius 3 is 2.17 bits per heavy atom. The van der Waals surface area contributed by atoms with Crippen LogP contribution >= 0.6 is 0 Å². The molecule has 8 heteroatoms. The number of rotatable bonds is 14. The first-order valence-corrected chi connectivity index (χ1v) is 10.6. The van der Waals surface area contributed by atoms with Crippen molar-refractivity contribution in [1.82, 2.24) is 21.3 Å². The average Bonchev–Trinajstić information content (AvgIpc) is 2.63. The second-order valence-corrected chi connectivity index (χ2v) is 8.16. The smallest absolute Gasteiger partial charge is 0.242 e. The second-order valence-electron chi connectivity index (χ2n) is 8.16. The lowest BCUT2D eigenvalue weighted by atomic mass is 10.0. The minimum absolute atomic E-state index is 0.0286. The van der Waals surface area contributed by atoms with E-state index in [4.69, 9.17) is 5.26 Å². The van der Waals surface area contributed by atoms with Gasteiger partial charge >= 0.3 is 0 Å². The molecule has 29 heavy (non-hydrogen) atoms. The van der Waals surface area contributed by atoms with E-state index in [0.717, 1.165) is 6.42 Å². The average molecular weight is 410 g/mol. The molecule has 8 nitrogen and oxygen atoms in total. The fourth-order valence-electron chi connectivity index (χ4n) is 2.90. The molecule has 4 N–H and O–H groups in total. The van der Waals surface area contributed by atoms with Crippen molar-refractivity contribution in [3.05, 3.63) is 0 Å². The lowest BCUT2D eigenvalue weighted by molar-refractivity contribution is -0.130. The highest BCUT2D eigenvalue weighted by Crippen LogP contribution is 2.06. The Bertz CT molecular complexity index is 557. The van der Waals surface area contributed by atoms with E-state index in [1.165, 1.54) is 0 Å². The molecule has 0 aromatic rings. The second kappa shape index (κ2) is 14.8. The van der Waals surface area contributed by atoms with Crippen molar-refractivity contribution in [2.45, 2.75) is 85.4 Å². The van der Waals surface area contributed by atoms with E-state index in [-0.39, 0.29) is 29.7 Å². The standard InChI is InChI=1S/C21H39N5O3/c1-7-23-21(29)19(15(4)5)26-20(28)16(6)24-13-17(12-14(2)3)25-18(27)10-8-9-11-22/h14-17,19,24H,7-10,12-13H2,1-6H3,(H,23,29)(H,25,27)(H,26,28)/t16-,17?,19?/m0/s1. The maximum atomic E-state index is 12.5. The van der Waals surface area contributed by atoms with Gasteiger partial charge in [-0.15, -0.1) is 0 Å². The molecule has 0 aliphatic rings. The zero-order chi connectivity index (χ0) is 22.4. The molecule has 166 valence electrons. The third kappa shape index (κ3) is 12.1. The van der Waals surface area contributed by atoms with E-state index in [2.05, 4.69) is 35.1 Å². The summed E-state index contributed by atoms with van der Waals surface area (Å²) in [6.07, 6.45) is 2.00. The molecule has 0 bridgehead atoms. The van der Waals surface area contributed by atoms with Gasteiger partial charge in [-0.05, 0) is 38.5 Å². The molecule has 0 rings (SSSR count). The number of hydrogen-bond donors (Lipinski definition) is 4. The molecular formula is C21H39N5O3. The van der Waals surface area contributed by atoms with Gasteiger partial charge < -0.3 is 21.3 Å². The predicted molar refractivity (Wildman–Crippen MR) is 114 cm³/mol. The number of amides is 3. The van der Waals surface area contributed by atoms with Crippen LogP contribution in [0, 0.1) is 23.2 Å². The summed E-state index contributed by atoms with van der Waals surface area (Å²) in [4.78, 5) is 36.7. The van der Waals surface area contributed by atoms with Gasteiger partial charge in [0.1, 0.15) is 6.04 Å². The molecule has 3 atom stereocenters. The maximum Gasteiger partial charge on any atom is 0.242 e. The summed E-state index contributed by atoms with van der Waals surface area (Å²) in [5, 5.41) is 20.3. The third-order valence-electron chi connectivity index (χ3n) is 4.48. The molecule has 0 fully saturated rings. The van der Waals surface area contributed by atoms with Gasteiger partial charge in [0, 0.05) is 32.0 Å². The Hall–Kier alpha value is -2.14. The van der Waals surface area contributed by atoms with Crippen molar-refractivity contribution < 1.29 is 14.4 Å². The zero-order valence-electron chi connectivity index (χ0n) is 18.8. The van der Waals surface area contributed by atoms with Gasteiger partial charge in [0.25, 0.3) is 0 Å². The van der Waals surface area contributed by atoms with Crippen molar-refractivity contribution in [3.8, 4) is 6.07 Å². The van der Waals surface area contributed by atoms with Crippen LogP contribution in [0.3, 0.4) is 0 Å². The predicted octanol–water partition coefficient (Wildman–Crippen LogP) is 1.47. The van der Waals surface area contributed by atoms with Crippen LogP contribution in [0.2, 0.25) is 0 Å². The molecule has 0 spiro atoms. The highest BCUT2D eigenvalue weighted by molar-refractivity contribution is 5.89. The number of nitrogens with one attached hydrogen (secondary N) is 4. The summed E-state index contributed by atoms with van der Waals surface area (Å²) in [7, 11) is 0. The van der Waals surface area contributed by atoms with Crippen LogP contribution < -0.4 is 21.3 Å². The van der Waals surface area contributed by atoms with Crippen LogP contribution in [0.4, 0.5) is 0 Å². The molecule has 0 heterocycles. The Kier molecular flexibility index (Phi) is 13.7. The van der Waals surface area contributed by atoms with Gasteiger partial charge in [-0.3, -0.25) is 14.4 Å². The van der Waals surface area contributed by atoms with Gasteiger partial charge in [-0.25, -0.2) is 0 Å². The molecule has 2 unspecified atom stereocenters. The van der Waals surface area contributed by atoms with Crippen LogP contribution in [0.1, 0.15) is 67.2 Å². The van der Waals surface area contributed by atoms with Crippen molar-refractivity contribution in [2.75, 3.05) is 13.1 Å². The van der Waals surface area contributed by atoms with Gasteiger partial charge in [0.05, 0.1) is 12.1 Å². The highest BCUT2D eigenvalue weighted by Gasteiger charge is 2.26. The SMILES string of the molecule is CCNC(=O)C(NC(=O)[C@H](C)NCC(CC(C)C)NC(=O)CCCC#N)C(C)C. The molecule has 0 aromatic heterocycles. The van der Waals surface area contributed by atoms with Crippen LogP contribution in [0.15, 0.2) is 0 Å². The van der Waals surface area contributed by atoms with Crippen LogP contribution in [0.25, 0.3) is 0 Å². The van der Waals surface area contributed by atoms with E-state index in [9.17, 15) is 14.4 Å². The van der Waals surface area contributed by atoms with E-state index in [1.807, 2.05) is 26.8 Å². The largest absolute Gasteiger partial charge is 0.355 e. The summed E-state index contributed by atoms with van der Waals surface area (Å²) < 4.78 is 0. The fourth-order valence-corrected chi connectivity index (χ4v) is 2.90. The first-order valence-electron chi connectivity index (χ1n) is 10.6. The number of carbonyl (C=O) groups is 3. The molecular weight excluding hydrogens is 370 g/mol. The Balaban J connectivity index is 4.72. The molecule has 3 amide bonds. The minimum atomic E-state index is -0.585. The third-order valence-corrected chi connectivity index (χ3v) is 4.48. The van der Waals surface area contributed by atoms with E-state index >= 15 is 0 Å². The van der Waals surface area contributed by atoms with Crippen LogP contribution in [-0.4, -0.2) is 48.9 Å². The van der Waals surface area contributed by atoms with Crippen LogP contribution in [-0.2, 0) is 14.4 Å². The number of unbranched alkanes of at least 4 members (excludes halogenated alkanes) is 1. The lowest BCUT2D eigenvalue weighted by Gasteiger charge is -2.26. The van der Waals surface area contributed by atoms with Crippen molar-refractivity contribution in [1.29, 1.82) is 5.26 Å². The molecule has 0 saturated carbocycles. The molecule has 0 radical (unpaired) electrons. The zero-order valence-corrected chi connectivity index (χ0v) is 18.8. The van der Waals surface area contributed by atoms with Gasteiger partial charge in [0.2, 0.25) is 17.7 Å². The molecule has 0 saturated heterocycles. The first-order chi connectivity index (χ1) is 13.6. The molecule has 0 aliphatic heterocycles. The lowest BCUT2D eigenvalue weighted by Crippen LogP contribution is -2.55. The topological polar surface area (TPSA) is 123 Å². The van der Waals surface area contributed by atoms with Crippen LogP contribution in [0.5, 0.6) is 0 Å². The monoisotopic (exact) mass is 409 g/mol. The first kappa shape index (κ1) is 26.9. The number of hydrogen-bond acceptors (Lipinski definition) is 5. The van der Waals surface area contributed by atoms with E-state index in [0.29, 0.717) is 38.3 Å². The summed E-state index contributed by atoms with van der Waals surface area (Å²) in [6, 6.07) is 0.839. The minimum Gasteiger partial charge on any atom is -0.355 e. The number of likely N-dealkylation sites (N-methyl/N-ethyl adjacent to an activating group) is 1. The van der Waals surface area contributed by atoms with Gasteiger partial charge in [-0.1, -0.05) is 27.7 Å². The van der Waals surface area contributed by atoms with Crippen molar-refractivity contribution in [3.63, 3.8) is 0 Å². The normalized spacial score (nSPS) is 14.0. The Labute approximate surface area is 175 Å². The molecule has 0 aliphatic carbocycles. The van der Waals surface area contributed by atoms with Crippen molar-refractivity contribution in [2.24, 2.45) is 11.8 Å². The maximum absolute atomic E-state index is 12.5. The number of carbonyl (C=O) groups excluding carboxylic acids is 3. The number of nitrogens with zero attached hydrogens (tertiary/aromatic N) is 1. The van der Waals surface area contributed by atoms with Crippen molar-refractivity contribution >= 4 is 17.7 Å². The quantitative estimate of drug-likeness (QED) is 0.324.